The molecular weight excluding hydrogens is 270 g/mol. The van der Waals surface area contributed by atoms with Crippen LogP contribution in [0.1, 0.15) is 29.0 Å². The molecule has 0 saturated heterocycles. The summed E-state index contributed by atoms with van der Waals surface area (Å²) in [7, 11) is 0. The number of aryl methyl sites for hydroxylation is 1. The van der Waals surface area contributed by atoms with Gasteiger partial charge in [-0.15, -0.1) is 0 Å². The van der Waals surface area contributed by atoms with Crippen molar-refractivity contribution in [1.82, 2.24) is 25.6 Å². The van der Waals surface area contributed by atoms with E-state index in [2.05, 4.69) is 25.6 Å². The van der Waals surface area contributed by atoms with E-state index in [9.17, 15) is 0 Å². The predicted molar refractivity (Wildman–Crippen MR) is 73.1 cm³/mol. The summed E-state index contributed by atoms with van der Waals surface area (Å²) in [5, 5.41) is 10.8. The molecule has 0 saturated carbocycles. The number of nitrogens with zero attached hydrogens (tertiary/aromatic N) is 4. The van der Waals surface area contributed by atoms with E-state index < -0.39 is 0 Å². The van der Waals surface area contributed by atoms with Crippen molar-refractivity contribution >= 4 is 0 Å². The van der Waals surface area contributed by atoms with Crippen molar-refractivity contribution < 1.29 is 9.05 Å². The first-order valence-corrected chi connectivity index (χ1v) is 6.65. The maximum Gasteiger partial charge on any atom is 0.240 e. The molecule has 3 aromatic rings. The second kappa shape index (κ2) is 6.27. The van der Waals surface area contributed by atoms with Crippen molar-refractivity contribution in [3.63, 3.8) is 0 Å². The minimum absolute atomic E-state index is 0.462. The summed E-state index contributed by atoms with van der Waals surface area (Å²) in [4.78, 5) is 8.43. The Morgan fingerprint density at radius 1 is 0.952 bits per heavy atom. The Bertz CT molecular complexity index is 692. The molecule has 0 fully saturated rings. The lowest BCUT2D eigenvalue weighted by Gasteiger charge is -1.95. The van der Waals surface area contributed by atoms with E-state index in [1.54, 1.807) is 6.92 Å². The normalized spacial score (nSPS) is 10.9. The Kier molecular flexibility index (Phi) is 4.02. The van der Waals surface area contributed by atoms with E-state index in [4.69, 9.17) is 9.05 Å². The molecule has 2 heterocycles. The van der Waals surface area contributed by atoms with Gasteiger partial charge in [0.25, 0.3) is 0 Å². The van der Waals surface area contributed by atoms with Crippen LogP contribution in [0.3, 0.4) is 0 Å². The van der Waals surface area contributed by atoms with Gasteiger partial charge < -0.3 is 9.05 Å². The van der Waals surface area contributed by atoms with Crippen molar-refractivity contribution in [2.24, 2.45) is 0 Å². The highest BCUT2D eigenvalue weighted by molar-refractivity contribution is 5.18. The number of hydrogen-bond acceptors (Lipinski definition) is 7. The monoisotopic (exact) mass is 285 g/mol. The maximum atomic E-state index is 5.19. The molecule has 3 rings (SSSR count). The second-order valence-corrected chi connectivity index (χ2v) is 4.61. The first-order chi connectivity index (χ1) is 10.3. The van der Waals surface area contributed by atoms with Gasteiger partial charge in [-0.25, -0.2) is 0 Å². The minimum atomic E-state index is 0.462. The first-order valence-electron chi connectivity index (χ1n) is 6.65. The van der Waals surface area contributed by atoms with Gasteiger partial charge >= 0.3 is 0 Å². The number of rotatable bonds is 6. The number of nitrogens with one attached hydrogen (secondary N) is 1. The van der Waals surface area contributed by atoms with Crippen molar-refractivity contribution in [3.05, 3.63) is 59.3 Å². The van der Waals surface area contributed by atoms with Crippen LogP contribution in [0.4, 0.5) is 0 Å². The van der Waals surface area contributed by atoms with Crippen LogP contribution in [0.15, 0.2) is 39.4 Å². The van der Waals surface area contributed by atoms with E-state index in [1.807, 2.05) is 30.3 Å². The number of benzene rings is 1. The van der Waals surface area contributed by atoms with E-state index in [-0.39, 0.29) is 0 Å². The average Bonchev–Trinajstić information content (AvgIpc) is 3.10. The zero-order valence-electron chi connectivity index (χ0n) is 11.6. The Labute approximate surface area is 121 Å². The highest BCUT2D eigenvalue weighted by Gasteiger charge is 2.08. The molecule has 0 spiro atoms. The molecule has 0 aliphatic carbocycles. The summed E-state index contributed by atoms with van der Waals surface area (Å²) >= 11 is 0. The van der Waals surface area contributed by atoms with Crippen LogP contribution in [-0.4, -0.2) is 20.3 Å². The van der Waals surface area contributed by atoms with Crippen LogP contribution in [0.2, 0.25) is 0 Å². The van der Waals surface area contributed by atoms with Crippen molar-refractivity contribution in [3.8, 4) is 0 Å². The zero-order chi connectivity index (χ0) is 14.5. The van der Waals surface area contributed by atoms with Crippen LogP contribution in [-0.2, 0) is 19.5 Å². The molecule has 7 heteroatoms. The largest absolute Gasteiger partial charge is 0.338 e. The van der Waals surface area contributed by atoms with E-state index in [1.165, 1.54) is 0 Å². The Morgan fingerprint density at radius 2 is 1.67 bits per heavy atom. The van der Waals surface area contributed by atoms with Crippen LogP contribution in [0, 0.1) is 6.92 Å². The van der Waals surface area contributed by atoms with Crippen LogP contribution in [0.25, 0.3) is 0 Å². The molecular formula is C14H15N5O2. The summed E-state index contributed by atoms with van der Waals surface area (Å²) in [6, 6.07) is 10.0. The standard InChI is InChI=1S/C14H15N5O2/c1-10-16-13(20-18-10)8-15-9-14-17-12(19-21-14)7-11-5-3-2-4-6-11/h2-6,15H,7-9H2,1H3. The third kappa shape index (κ3) is 3.73. The molecule has 0 aliphatic rings. The molecule has 0 atom stereocenters. The molecule has 1 N–H and O–H groups in total. The molecule has 7 nitrogen and oxygen atoms in total. The molecule has 2 aromatic heterocycles. The molecule has 0 bridgehead atoms. The van der Waals surface area contributed by atoms with Gasteiger partial charge in [0, 0.05) is 6.42 Å². The Balaban J connectivity index is 1.51. The second-order valence-electron chi connectivity index (χ2n) is 4.61. The van der Waals surface area contributed by atoms with Gasteiger partial charge in [0.1, 0.15) is 0 Å². The van der Waals surface area contributed by atoms with Gasteiger partial charge in [0.05, 0.1) is 13.1 Å². The van der Waals surface area contributed by atoms with E-state index in [0.29, 0.717) is 42.9 Å². The van der Waals surface area contributed by atoms with Crippen LogP contribution in [0.5, 0.6) is 0 Å². The lowest BCUT2D eigenvalue weighted by atomic mass is 10.1. The summed E-state index contributed by atoms with van der Waals surface area (Å²) < 4.78 is 10.2. The molecule has 0 amide bonds. The number of aromatic nitrogens is 4. The van der Waals surface area contributed by atoms with Gasteiger partial charge in [-0.3, -0.25) is 5.32 Å². The molecule has 0 unspecified atom stereocenters. The summed E-state index contributed by atoms with van der Waals surface area (Å²) in [6.07, 6.45) is 0.660. The molecule has 0 aliphatic heterocycles. The van der Waals surface area contributed by atoms with E-state index in [0.717, 1.165) is 5.56 Å². The topological polar surface area (TPSA) is 89.9 Å². The molecule has 21 heavy (non-hydrogen) atoms. The van der Waals surface area contributed by atoms with Gasteiger partial charge in [0.15, 0.2) is 11.6 Å². The SMILES string of the molecule is Cc1noc(CNCc2nc(Cc3ccccc3)no2)n1. The van der Waals surface area contributed by atoms with Gasteiger partial charge in [0.2, 0.25) is 11.8 Å². The average molecular weight is 285 g/mol. The fraction of sp³-hybridized carbons (Fsp3) is 0.286. The van der Waals surface area contributed by atoms with Gasteiger partial charge in [-0.05, 0) is 12.5 Å². The third-order valence-electron chi connectivity index (χ3n) is 2.84. The first kappa shape index (κ1) is 13.4. The summed E-state index contributed by atoms with van der Waals surface area (Å²) in [6.45, 7) is 2.71. The van der Waals surface area contributed by atoms with Gasteiger partial charge in [-0.2, -0.15) is 9.97 Å². The minimum Gasteiger partial charge on any atom is -0.338 e. The van der Waals surface area contributed by atoms with Crippen molar-refractivity contribution in [2.45, 2.75) is 26.4 Å². The van der Waals surface area contributed by atoms with Crippen molar-refractivity contribution in [1.29, 1.82) is 0 Å². The van der Waals surface area contributed by atoms with Crippen LogP contribution < -0.4 is 5.32 Å². The third-order valence-corrected chi connectivity index (χ3v) is 2.84. The zero-order valence-corrected chi connectivity index (χ0v) is 11.6. The fourth-order valence-electron chi connectivity index (χ4n) is 1.90. The molecule has 108 valence electrons. The Hall–Kier alpha value is -2.54. The highest BCUT2D eigenvalue weighted by Crippen LogP contribution is 2.06. The number of hydrogen-bond donors (Lipinski definition) is 1. The van der Waals surface area contributed by atoms with Gasteiger partial charge in [-0.1, -0.05) is 40.6 Å². The van der Waals surface area contributed by atoms with E-state index >= 15 is 0 Å². The summed E-state index contributed by atoms with van der Waals surface area (Å²) in [5.41, 5.74) is 1.15. The smallest absolute Gasteiger partial charge is 0.240 e. The highest BCUT2D eigenvalue weighted by atomic mass is 16.5. The fourth-order valence-corrected chi connectivity index (χ4v) is 1.90. The summed E-state index contributed by atoms with van der Waals surface area (Å²) in [5.74, 6) is 2.37. The maximum absolute atomic E-state index is 5.19. The quantitative estimate of drug-likeness (QED) is 0.736. The van der Waals surface area contributed by atoms with Crippen molar-refractivity contribution in [2.75, 3.05) is 0 Å². The molecule has 0 radical (unpaired) electrons. The van der Waals surface area contributed by atoms with Crippen LogP contribution >= 0.6 is 0 Å². The molecule has 1 aromatic carbocycles. The lowest BCUT2D eigenvalue weighted by Crippen LogP contribution is -2.13. The predicted octanol–water partition coefficient (Wildman–Crippen LogP) is 1.64. The lowest BCUT2D eigenvalue weighted by molar-refractivity contribution is 0.342. The Morgan fingerprint density at radius 3 is 2.38 bits per heavy atom.